The van der Waals surface area contributed by atoms with Crippen molar-refractivity contribution >= 4 is 11.6 Å². The van der Waals surface area contributed by atoms with Gasteiger partial charge in [0.1, 0.15) is 11.9 Å². The second kappa shape index (κ2) is 5.50. The molecule has 3 unspecified atom stereocenters. The fraction of sp³-hybridized carbons (Fsp3) is 0.600. The SMILES string of the molecule is ClC1CCC(CNCC2Cc3ccccc3O2)C1. The molecule has 1 N–H and O–H groups in total. The summed E-state index contributed by atoms with van der Waals surface area (Å²) in [4.78, 5) is 0. The summed E-state index contributed by atoms with van der Waals surface area (Å²) in [6.45, 7) is 2.03. The second-order valence-corrected chi connectivity index (χ2v) is 6.10. The summed E-state index contributed by atoms with van der Waals surface area (Å²) in [5.74, 6) is 1.82. The van der Waals surface area contributed by atoms with Crippen LogP contribution in [0.5, 0.6) is 5.75 Å². The van der Waals surface area contributed by atoms with Crippen LogP contribution in [0, 0.1) is 5.92 Å². The summed E-state index contributed by atoms with van der Waals surface area (Å²) in [6.07, 6.45) is 4.95. The van der Waals surface area contributed by atoms with Crippen molar-refractivity contribution in [3.63, 3.8) is 0 Å². The molecule has 0 aromatic heterocycles. The van der Waals surface area contributed by atoms with E-state index in [1.54, 1.807) is 0 Å². The molecule has 18 heavy (non-hydrogen) atoms. The first kappa shape index (κ1) is 12.3. The topological polar surface area (TPSA) is 21.3 Å². The number of hydrogen-bond donors (Lipinski definition) is 1. The minimum absolute atomic E-state index is 0.301. The van der Waals surface area contributed by atoms with Crippen LogP contribution in [-0.4, -0.2) is 24.6 Å². The van der Waals surface area contributed by atoms with E-state index < -0.39 is 0 Å². The molecule has 0 radical (unpaired) electrons. The summed E-state index contributed by atoms with van der Waals surface area (Å²) in [6, 6.07) is 8.33. The van der Waals surface area contributed by atoms with Crippen LogP contribution in [-0.2, 0) is 6.42 Å². The molecule has 1 aromatic rings. The maximum Gasteiger partial charge on any atom is 0.123 e. The zero-order valence-corrected chi connectivity index (χ0v) is 11.3. The van der Waals surface area contributed by atoms with Crippen LogP contribution < -0.4 is 10.1 Å². The first-order valence-electron chi connectivity index (χ1n) is 6.90. The molecule has 3 atom stereocenters. The molecule has 1 saturated carbocycles. The largest absolute Gasteiger partial charge is 0.488 e. The molecule has 1 fully saturated rings. The van der Waals surface area contributed by atoms with Gasteiger partial charge in [-0.15, -0.1) is 11.6 Å². The van der Waals surface area contributed by atoms with Crippen molar-refractivity contribution < 1.29 is 4.74 Å². The van der Waals surface area contributed by atoms with Gasteiger partial charge >= 0.3 is 0 Å². The van der Waals surface area contributed by atoms with E-state index in [1.807, 2.05) is 6.07 Å². The van der Waals surface area contributed by atoms with E-state index in [1.165, 1.54) is 24.8 Å². The Hall–Kier alpha value is -0.730. The van der Waals surface area contributed by atoms with E-state index >= 15 is 0 Å². The quantitative estimate of drug-likeness (QED) is 0.845. The standard InChI is InChI=1S/C15H20ClNO/c16-13-6-5-11(7-13)9-17-10-14-8-12-3-1-2-4-15(12)18-14/h1-4,11,13-14,17H,5-10H2. The van der Waals surface area contributed by atoms with Gasteiger partial charge in [-0.25, -0.2) is 0 Å². The lowest BCUT2D eigenvalue weighted by Crippen LogP contribution is -2.32. The fourth-order valence-electron chi connectivity index (χ4n) is 3.02. The van der Waals surface area contributed by atoms with Crippen LogP contribution in [0.15, 0.2) is 24.3 Å². The van der Waals surface area contributed by atoms with E-state index in [-0.39, 0.29) is 0 Å². The van der Waals surface area contributed by atoms with Crippen molar-refractivity contribution in [2.75, 3.05) is 13.1 Å². The Balaban J connectivity index is 1.41. The van der Waals surface area contributed by atoms with E-state index in [2.05, 4.69) is 23.5 Å². The van der Waals surface area contributed by atoms with Gasteiger partial charge in [-0.1, -0.05) is 18.2 Å². The number of halogens is 1. The third-order valence-electron chi connectivity index (χ3n) is 4.00. The molecular weight excluding hydrogens is 246 g/mol. The number of para-hydroxylation sites is 1. The Morgan fingerprint density at radius 1 is 1.22 bits per heavy atom. The number of rotatable bonds is 4. The minimum atomic E-state index is 0.301. The van der Waals surface area contributed by atoms with Crippen molar-refractivity contribution in [2.45, 2.75) is 37.2 Å². The lowest BCUT2D eigenvalue weighted by Gasteiger charge is -2.14. The van der Waals surface area contributed by atoms with Crippen LogP contribution in [0.3, 0.4) is 0 Å². The molecule has 1 aliphatic carbocycles. The zero-order chi connectivity index (χ0) is 12.4. The molecule has 3 heteroatoms. The van der Waals surface area contributed by atoms with Gasteiger partial charge in [0, 0.05) is 18.3 Å². The third kappa shape index (κ3) is 2.81. The van der Waals surface area contributed by atoms with Crippen LogP contribution in [0.2, 0.25) is 0 Å². The Kier molecular flexibility index (Phi) is 3.76. The predicted molar refractivity (Wildman–Crippen MR) is 74.4 cm³/mol. The number of alkyl halides is 1. The van der Waals surface area contributed by atoms with Gasteiger partial charge in [0.05, 0.1) is 0 Å². The van der Waals surface area contributed by atoms with Crippen molar-refractivity contribution in [2.24, 2.45) is 5.92 Å². The number of fused-ring (bicyclic) bond motifs is 1. The van der Waals surface area contributed by atoms with Crippen molar-refractivity contribution in [3.8, 4) is 5.75 Å². The number of ether oxygens (including phenoxy) is 1. The predicted octanol–water partition coefficient (Wildman–Crippen LogP) is 2.99. The van der Waals surface area contributed by atoms with Crippen molar-refractivity contribution in [1.29, 1.82) is 0 Å². The Morgan fingerprint density at radius 3 is 2.89 bits per heavy atom. The fourth-order valence-corrected chi connectivity index (χ4v) is 3.39. The average molecular weight is 266 g/mol. The molecule has 1 heterocycles. The maximum absolute atomic E-state index is 6.12. The van der Waals surface area contributed by atoms with E-state index in [4.69, 9.17) is 16.3 Å². The van der Waals surface area contributed by atoms with Crippen LogP contribution >= 0.6 is 11.6 Å². The first-order chi connectivity index (χ1) is 8.81. The summed E-state index contributed by atoms with van der Waals surface area (Å²) in [5.41, 5.74) is 1.34. The molecule has 0 bridgehead atoms. The third-order valence-corrected chi connectivity index (χ3v) is 4.39. The van der Waals surface area contributed by atoms with Crippen molar-refractivity contribution in [3.05, 3.63) is 29.8 Å². The normalized spacial score (nSPS) is 30.2. The highest BCUT2D eigenvalue weighted by molar-refractivity contribution is 6.20. The monoisotopic (exact) mass is 265 g/mol. The van der Waals surface area contributed by atoms with Gasteiger partial charge < -0.3 is 10.1 Å². The van der Waals surface area contributed by atoms with E-state index in [0.717, 1.165) is 31.2 Å². The molecule has 1 aliphatic heterocycles. The average Bonchev–Trinajstić information content (AvgIpc) is 2.95. The molecule has 2 nitrogen and oxygen atoms in total. The summed E-state index contributed by atoms with van der Waals surface area (Å²) in [5, 5.41) is 3.95. The smallest absolute Gasteiger partial charge is 0.123 e. The molecule has 0 amide bonds. The Labute approximate surface area is 114 Å². The van der Waals surface area contributed by atoms with Gasteiger partial charge in [-0.3, -0.25) is 0 Å². The highest BCUT2D eigenvalue weighted by Gasteiger charge is 2.24. The van der Waals surface area contributed by atoms with E-state index in [0.29, 0.717) is 11.5 Å². The molecule has 1 aromatic carbocycles. The van der Waals surface area contributed by atoms with Gasteiger partial charge in [-0.05, 0) is 43.4 Å². The maximum atomic E-state index is 6.12. The molecule has 3 rings (SSSR count). The second-order valence-electron chi connectivity index (χ2n) is 5.49. The molecule has 98 valence electrons. The Bertz CT molecular complexity index is 384. The summed E-state index contributed by atoms with van der Waals surface area (Å²) in [7, 11) is 0. The van der Waals surface area contributed by atoms with Crippen LogP contribution in [0.4, 0.5) is 0 Å². The van der Waals surface area contributed by atoms with Gasteiger partial charge in [0.15, 0.2) is 0 Å². The van der Waals surface area contributed by atoms with Gasteiger partial charge in [0.2, 0.25) is 0 Å². The summed E-state index contributed by atoms with van der Waals surface area (Å²) >= 11 is 6.12. The van der Waals surface area contributed by atoms with Crippen LogP contribution in [0.25, 0.3) is 0 Å². The number of nitrogens with one attached hydrogen (secondary N) is 1. The van der Waals surface area contributed by atoms with Gasteiger partial charge in [0.25, 0.3) is 0 Å². The highest BCUT2D eigenvalue weighted by Crippen LogP contribution is 2.29. The molecular formula is C15H20ClNO. The lowest BCUT2D eigenvalue weighted by atomic mass is 10.1. The molecule has 2 aliphatic rings. The van der Waals surface area contributed by atoms with E-state index in [9.17, 15) is 0 Å². The molecule has 0 spiro atoms. The minimum Gasteiger partial charge on any atom is -0.488 e. The van der Waals surface area contributed by atoms with Crippen LogP contribution in [0.1, 0.15) is 24.8 Å². The highest BCUT2D eigenvalue weighted by atomic mass is 35.5. The van der Waals surface area contributed by atoms with Crippen molar-refractivity contribution in [1.82, 2.24) is 5.32 Å². The Morgan fingerprint density at radius 2 is 2.11 bits per heavy atom. The number of benzene rings is 1. The first-order valence-corrected chi connectivity index (χ1v) is 7.34. The molecule has 0 saturated heterocycles. The lowest BCUT2D eigenvalue weighted by molar-refractivity contribution is 0.225. The zero-order valence-electron chi connectivity index (χ0n) is 10.6. The van der Waals surface area contributed by atoms with Gasteiger partial charge in [-0.2, -0.15) is 0 Å². The summed E-state index contributed by atoms with van der Waals surface area (Å²) < 4.78 is 5.90. The number of hydrogen-bond acceptors (Lipinski definition) is 2.